The lowest BCUT2D eigenvalue weighted by molar-refractivity contribution is 0.102. The normalized spacial score (nSPS) is 14.0. The summed E-state index contributed by atoms with van der Waals surface area (Å²) in [7, 11) is 3.31. The van der Waals surface area contributed by atoms with Gasteiger partial charge in [0, 0.05) is 38.9 Å². The number of carbonyl (C=O) groups is 1. The number of nitrogens with zero attached hydrogens (tertiary/aromatic N) is 2. The third kappa shape index (κ3) is 5.18. The molecule has 0 spiro atoms. The van der Waals surface area contributed by atoms with Crippen LogP contribution in [0.3, 0.4) is 0 Å². The minimum atomic E-state index is -0.185. The van der Waals surface area contributed by atoms with Gasteiger partial charge in [0.15, 0.2) is 5.13 Å². The number of ether oxygens (including phenoxy) is 3. The molecule has 1 aliphatic heterocycles. The van der Waals surface area contributed by atoms with Crippen LogP contribution in [0.25, 0.3) is 10.2 Å². The van der Waals surface area contributed by atoms with Crippen LogP contribution in [-0.4, -0.2) is 64.6 Å². The molecule has 1 aromatic heterocycles. The number of methoxy groups -OCH3 is 2. The summed E-state index contributed by atoms with van der Waals surface area (Å²) in [5.41, 5.74) is 3.55. The van der Waals surface area contributed by atoms with Crippen molar-refractivity contribution in [1.82, 2.24) is 10.3 Å². The van der Waals surface area contributed by atoms with E-state index < -0.39 is 0 Å². The highest BCUT2D eigenvalue weighted by Crippen LogP contribution is 2.39. The van der Waals surface area contributed by atoms with E-state index in [2.05, 4.69) is 26.6 Å². The average molecular weight is 457 g/mol. The number of nitrogens with one attached hydrogen (secondary N) is 2. The third-order valence-corrected chi connectivity index (χ3v) is 6.30. The number of carbonyl (C=O) groups excluding carboxylic acids is 1. The first-order valence-electron chi connectivity index (χ1n) is 10.6. The number of amides is 1. The van der Waals surface area contributed by atoms with E-state index in [1.54, 1.807) is 14.2 Å². The van der Waals surface area contributed by atoms with Gasteiger partial charge in [-0.25, -0.2) is 4.98 Å². The Morgan fingerprint density at radius 2 is 1.94 bits per heavy atom. The highest BCUT2D eigenvalue weighted by molar-refractivity contribution is 7.23. The number of hydrogen-bond donors (Lipinski definition) is 2. The molecule has 1 fully saturated rings. The fraction of sp³-hybridized carbons (Fsp3) is 0.391. The first-order chi connectivity index (χ1) is 15.7. The highest BCUT2D eigenvalue weighted by atomic mass is 32.1. The molecule has 4 rings (SSSR count). The number of hydrogen-bond acceptors (Lipinski definition) is 8. The Hall–Kier alpha value is -2.72. The summed E-state index contributed by atoms with van der Waals surface area (Å²) in [5, 5.41) is 6.79. The number of fused-ring (bicyclic) bond motifs is 1. The molecule has 0 aliphatic carbocycles. The maximum atomic E-state index is 12.8. The second-order valence-electron chi connectivity index (χ2n) is 7.40. The van der Waals surface area contributed by atoms with E-state index >= 15 is 0 Å². The van der Waals surface area contributed by atoms with Crippen molar-refractivity contribution in [3.05, 3.63) is 47.5 Å². The minimum Gasteiger partial charge on any atom is -0.494 e. The lowest BCUT2D eigenvalue weighted by atomic mass is 10.1. The summed E-state index contributed by atoms with van der Waals surface area (Å²) in [4.78, 5) is 19.8. The van der Waals surface area contributed by atoms with E-state index in [9.17, 15) is 4.79 Å². The van der Waals surface area contributed by atoms with E-state index in [1.165, 1.54) is 11.3 Å². The molecule has 2 heterocycles. The maximum Gasteiger partial charge on any atom is 0.257 e. The third-order valence-electron chi connectivity index (χ3n) is 5.31. The molecule has 3 aromatic rings. The van der Waals surface area contributed by atoms with Crippen LogP contribution in [-0.2, 0) is 16.0 Å². The van der Waals surface area contributed by atoms with Gasteiger partial charge in [0.25, 0.3) is 5.91 Å². The van der Waals surface area contributed by atoms with Crippen LogP contribution in [0, 0.1) is 0 Å². The molecule has 32 heavy (non-hydrogen) atoms. The summed E-state index contributed by atoms with van der Waals surface area (Å²) < 4.78 is 17.0. The number of aromatic nitrogens is 1. The second-order valence-corrected chi connectivity index (χ2v) is 8.40. The molecular weight excluding hydrogens is 428 g/mol. The Balaban J connectivity index is 1.49. The SMILES string of the molecule is COCCNCc1ccc(C(=O)Nc2nc3c(OC)ccc(N4CCOCC4)c3s2)cc1. The van der Waals surface area contributed by atoms with E-state index in [4.69, 9.17) is 14.2 Å². The van der Waals surface area contributed by atoms with Crippen LogP contribution in [0.4, 0.5) is 10.8 Å². The predicted octanol–water partition coefficient (Wildman–Crippen LogP) is 3.13. The zero-order valence-corrected chi connectivity index (χ0v) is 19.2. The molecule has 9 heteroatoms. The predicted molar refractivity (Wildman–Crippen MR) is 127 cm³/mol. The fourth-order valence-corrected chi connectivity index (χ4v) is 4.61. The van der Waals surface area contributed by atoms with Crippen molar-refractivity contribution in [2.75, 3.05) is 63.9 Å². The van der Waals surface area contributed by atoms with Gasteiger partial charge in [-0.3, -0.25) is 10.1 Å². The molecule has 1 amide bonds. The van der Waals surface area contributed by atoms with Gasteiger partial charge >= 0.3 is 0 Å². The molecular formula is C23H28N4O4S. The molecule has 1 aliphatic rings. The average Bonchev–Trinajstić information content (AvgIpc) is 3.25. The van der Waals surface area contributed by atoms with E-state index in [0.29, 0.717) is 36.3 Å². The Morgan fingerprint density at radius 3 is 2.66 bits per heavy atom. The summed E-state index contributed by atoms with van der Waals surface area (Å²) >= 11 is 1.46. The molecule has 0 radical (unpaired) electrons. The van der Waals surface area contributed by atoms with E-state index in [0.717, 1.165) is 47.6 Å². The zero-order chi connectivity index (χ0) is 22.3. The van der Waals surface area contributed by atoms with Gasteiger partial charge in [-0.1, -0.05) is 23.5 Å². The Kier molecular flexibility index (Phi) is 7.54. The van der Waals surface area contributed by atoms with Gasteiger partial charge < -0.3 is 24.4 Å². The van der Waals surface area contributed by atoms with Gasteiger partial charge in [0.1, 0.15) is 11.3 Å². The molecule has 8 nitrogen and oxygen atoms in total. The Bertz CT molecular complexity index is 1050. The first-order valence-corrected chi connectivity index (χ1v) is 11.4. The van der Waals surface area contributed by atoms with Crippen molar-refractivity contribution in [2.24, 2.45) is 0 Å². The number of benzene rings is 2. The van der Waals surface area contributed by atoms with Gasteiger partial charge in [0.05, 0.1) is 37.3 Å². The van der Waals surface area contributed by atoms with Crippen molar-refractivity contribution >= 4 is 38.3 Å². The van der Waals surface area contributed by atoms with Crippen molar-refractivity contribution < 1.29 is 19.0 Å². The Morgan fingerprint density at radius 1 is 1.16 bits per heavy atom. The number of rotatable bonds is 9. The number of thiazole rings is 1. The number of morpholine rings is 1. The van der Waals surface area contributed by atoms with Crippen LogP contribution < -0.4 is 20.3 Å². The molecule has 0 saturated carbocycles. The monoisotopic (exact) mass is 456 g/mol. The van der Waals surface area contributed by atoms with Crippen LogP contribution in [0.1, 0.15) is 15.9 Å². The minimum absolute atomic E-state index is 0.185. The first kappa shape index (κ1) is 22.5. The number of anilines is 2. The van der Waals surface area contributed by atoms with E-state index in [-0.39, 0.29) is 5.91 Å². The van der Waals surface area contributed by atoms with Crippen LogP contribution in [0.15, 0.2) is 36.4 Å². The summed E-state index contributed by atoms with van der Waals surface area (Å²) in [5.74, 6) is 0.508. The largest absolute Gasteiger partial charge is 0.494 e. The summed E-state index contributed by atoms with van der Waals surface area (Å²) in [6, 6.07) is 11.5. The quantitative estimate of drug-likeness (QED) is 0.479. The zero-order valence-electron chi connectivity index (χ0n) is 18.3. The highest BCUT2D eigenvalue weighted by Gasteiger charge is 2.20. The molecule has 170 valence electrons. The molecule has 2 N–H and O–H groups in total. The lowest BCUT2D eigenvalue weighted by Crippen LogP contribution is -2.36. The van der Waals surface area contributed by atoms with Crippen LogP contribution >= 0.6 is 11.3 Å². The summed E-state index contributed by atoms with van der Waals surface area (Å²) in [6.45, 7) is 5.24. The van der Waals surface area contributed by atoms with Crippen molar-refractivity contribution in [3.63, 3.8) is 0 Å². The molecule has 0 bridgehead atoms. The van der Waals surface area contributed by atoms with Gasteiger partial charge in [-0.05, 0) is 29.8 Å². The van der Waals surface area contributed by atoms with Crippen LogP contribution in [0.2, 0.25) is 0 Å². The Labute approximate surface area is 191 Å². The molecule has 1 saturated heterocycles. The van der Waals surface area contributed by atoms with Gasteiger partial charge in [0.2, 0.25) is 0 Å². The standard InChI is InChI=1S/C23H28N4O4S/c1-29-12-9-24-15-16-3-5-17(6-4-16)22(28)26-23-25-20-19(30-2)8-7-18(21(20)32-23)27-10-13-31-14-11-27/h3-8,24H,9-15H2,1-2H3,(H,25,26,28). The summed E-state index contributed by atoms with van der Waals surface area (Å²) in [6.07, 6.45) is 0. The van der Waals surface area contributed by atoms with Gasteiger partial charge in [-0.2, -0.15) is 0 Å². The van der Waals surface area contributed by atoms with Crippen molar-refractivity contribution in [3.8, 4) is 5.75 Å². The molecule has 0 atom stereocenters. The fourth-order valence-electron chi connectivity index (χ4n) is 3.59. The van der Waals surface area contributed by atoms with Crippen molar-refractivity contribution in [2.45, 2.75) is 6.54 Å². The molecule has 0 unspecified atom stereocenters. The molecule has 2 aromatic carbocycles. The smallest absolute Gasteiger partial charge is 0.257 e. The lowest BCUT2D eigenvalue weighted by Gasteiger charge is -2.29. The van der Waals surface area contributed by atoms with Gasteiger partial charge in [-0.15, -0.1) is 0 Å². The maximum absolute atomic E-state index is 12.8. The van der Waals surface area contributed by atoms with Crippen LogP contribution in [0.5, 0.6) is 5.75 Å². The second kappa shape index (κ2) is 10.7. The van der Waals surface area contributed by atoms with E-state index in [1.807, 2.05) is 30.3 Å². The van der Waals surface area contributed by atoms with Crippen molar-refractivity contribution in [1.29, 1.82) is 0 Å². The topological polar surface area (TPSA) is 85.0 Å².